The molecule has 1 atom stereocenters. The molecular formula is C17H38N2. The molecule has 2 heteroatoms. The first-order chi connectivity index (χ1) is 9.10. The molecule has 0 bridgehead atoms. The quantitative estimate of drug-likeness (QED) is 0.517. The Morgan fingerprint density at radius 2 is 1.26 bits per heavy atom. The third-order valence-corrected chi connectivity index (χ3v) is 4.21. The molecule has 0 saturated carbocycles. The summed E-state index contributed by atoms with van der Waals surface area (Å²) in [6, 6.07) is 0. The van der Waals surface area contributed by atoms with Crippen molar-refractivity contribution < 1.29 is 0 Å². The lowest BCUT2D eigenvalue weighted by Gasteiger charge is -2.47. The Morgan fingerprint density at radius 1 is 0.789 bits per heavy atom. The van der Waals surface area contributed by atoms with Gasteiger partial charge in [-0.3, -0.25) is 4.90 Å². The van der Waals surface area contributed by atoms with Gasteiger partial charge in [-0.05, 0) is 51.1 Å². The summed E-state index contributed by atoms with van der Waals surface area (Å²) in [6.07, 6.45) is 9.77. The molecule has 1 unspecified atom stereocenters. The Balaban J connectivity index is 5.10. The predicted octanol–water partition coefficient (Wildman–Crippen LogP) is 4.78. The van der Waals surface area contributed by atoms with Crippen LogP contribution in [0.4, 0.5) is 0 Å². The molecule has 0 spiro atoms. The lowest BCUT2D eigenvalue weighted by molar-refractivity contribution is 0.0175. The predicted molar refractivity (Wildman–Crippen MR) is 87.3 cm³/mol. The molecule has 2 N–H and O–H groups in total. The van der Waals surface area contributed by atoms with Crippen molar-refractivity contribution in [1.29, 1.82) is 0 Å². The molecule has 0 aliphatic carbocycles. The van der Waals surface area contributed by atoms with Crippen LogP contribution in [0.2, 0.25) is 0 Å². The average molecular weight is 271 g/mol. The first-order valence-corrected chi connectivity index (χ1v) is 8.64. The van der Waals surface area contributed by atoms with Crippen molar-refractivity contribution in [2.45, 2.75) is 91.6 Å². The average Bonchev–Trinajstić information content (AvgIpc) is 2.38. The second kappa shape index (κ2) is 10.7. The normalized spacial score (nSPS) is 15.2. The van der Waals surface area contributed by atoms with Crippen LogP contribution < -0.4 is 5.73 Å². The van der Waals surface area contributed by atoms with Crippen LogP contribution in [-0.2, 0) is 0 Å². The lowest BCUT2D eigenvalue weighted by atomic mass is 9.81. The minimum absolute atomic E-state index is 0.0766. The van der Waals surface area contributed by atoms with Crippen LogP contribution in [0, 0.1) is 5.92 Å². The maximum atomic E-state index is 6.97. The van der Waals surface area contributed by atoms with Crippen LogP contribution in [0.1, 0.15) is 86.0 Å². The fraction of sp³-hybridized carbons (Fsp3) is 1.00. The molecule has 0 fully saturated rings. The van der Waals surface area contributed by atoms with E-state index in [1.165, 1.54) is 44.9 Å². The molecule has 0 amide bonds. The van der Waals surface area contributed by atoms with E-state index >= 15 is 0 Å². The third kappa shape index (κ3) is 5.83. The van der Waals surface area contributed by atoms with Gasteiger partial charge in [0, 0.05) is 0 Å². The van der Waals surface area contributed by atoms with Crippen LogP contribution in [0.15, 0.2) is 0 Å². The number of rotatable bonds is 12. The summed E-state index contributed by atoms with van der Waals surface area (Å²) in [7, 11) is 0. The third-order valence-electron chi connectivity index (χ3n) is 4.21. The van der Waals surface area contributed by atoms with E-state index < -0.39 is 0 Å². The summed E-state index contributed by atoms with van der Waals surface area (Å²) >= 11 is 0. The molecule has 0 rings (SSSR count). The summed E-state index contributed by atoms with van der Waals surface area (Å²) in [5.41, 5.74) is 6.89. The molecular weight excluding hydrogens is 232 g/mol. The number of hydrogen-bond acceptors (Lipinski definition) is 2. The maximum absolute atomic E-state index is 6.97. The topological polar surface area (TPSA) is 29.3 Å². The number of hydrogen-bond donors (Lipinski definition) is 1. The Labute approximate surface area is 122 Å². The van der Waals surface area contributed by atoms with Gasteiger partial charge in [-0.15, -0.1) is 0 Å². The fourth-order valence-electron chi connectivity index (χ4n) is 3.43. The molecule has 0 heterocycles. The van der Waals surface area contributed by atoms with Gasteiger partial charge in [-0.2, -0.15) is 0 Å². The fourth-order valence-corrected chi connectivity index (χ4v) is 3.43. The van der Waals surface area contributed by atoms with E-state index in [1.54, 1.807) is 0 Å². The van der Waals surface area contributed by atoms with E-state index in [0.717, 1.165) is 19.5 Å². The van der Waals surface area contributed by atoms with Gasteiger partial charge in [0.2, 0.25) is 0 Å². The zero-order chi connectivity index (χ0) is 14.7. The van der Waals surface area contributed by atoms with Crippen molar-refractivity contribution in [1.82, 2.24) is 4.90 Å². The largest absolute Gasteiger partial charge is 0.313 e. The Kier molecular flexibility index (Phi) is 10.6. The lowest BCUT2D eigenvalue weighted by Crippen LogP contribution is -2.61. The minimum Gasteiger partial charge on any atom is -0.313 e. The smallest absolute Gasteiger partial charge is 0.0716 e. The van der Waals surface area contributed by atoms with Gasteiger partial charge in [0.05, 0.1) is 5.66 Å². The zero-order valence-corrected chi connectivity index (χ0v) is 14.2. The number of nitrogens with zero attached hydrogens (tertiary/aromatic N) is 1. The molecule has 19 heavy (non-hydrogen) atoms. The monoisotopic (exact) mass is 270 g/mol. The van der Waals surface area contributed by atoms with E-state index in [9.17, 15) is 0 Å². The molecule has 0 radical (unpaired) electrons. The van der Waals surface area contributed by atoms with E-state index in [1.807, 2.05) is 0 Å². The highest BCUT2D eigenvalue weighted by Crippen LogP contribution is 2.32. The van der Waals surface area contributed by atoms with Gasteiger partial charge in [0.25, 0.3) is 0 Å². The number of nitrogens with two attached hydrogens (primary N) is 1. The molecule has 0 saturated heterocycles. The molecule has 0 aromatic rings. The Bertz CT molecular complexity index is 175. The van der Waals surface area contributed by atoms with Crippen molar-refractivity contribution in [2.75, 3.05) is 13.1 Å². The van der Waals surface area contributed by atoms with Gasteiger partial charge in [-0.1, -0.05) is 53.9 Å². The highest BCUT2D eigenvalue weighted by Gasteiger charge is 2.37. The summed E-state index contributed by atoms with van der Waals surface area (Å²) in [4.78, 5) is 2.59. The molecule has 0 aliphatic rings. The molecule has 0 aromatic heterocycles. The van der Waals surface area contributed by atoms with E-state index in [4.69, 9.17) is 5.73 Å². The highest BCUT2D eigenvalue weighted by molar-refractivity contribution is 4.91. The van der Waals surface area contributed by atoms with Crippen molar-refractivity contribution in [3.63, 3.8) is 0 Å². The minimum atomic E-state index is -0.0766. The zero-order valence-electron chi connectivity index (χ0n) is 14.2. The van der Waals surface area contributed by atoms with Gasteiger partial charge < -0.3 is 5.73 Å². The van der Waals surface area contributed by atoms with Crippen molar-refractivity contribution in [3.8, 4) is 0 Å². The molecule has 116 valence electrons. The second-order valence-corrected chi connectivity index (χ2v) is 6.00. The van der Waals surface area contributed by atoms with Crippen molar-refractivity contribution >= 4 is 0 Å². The van der Waals surface area contributed by atoms with Gasteiger partial charge in [0.1, 0.15) is 0 Å². The summed E-state index contributed by atoms with van der Waals surface area (Å²) < 4.78 is 0. The molecule has 0 aliphatic heterocycles. The van der Waals surface area contributed by atoms with Crippen LogP contribution in [0.25, 0.3) is 0 Å². The van der Waals surface area contributed by atoms with Crippen molar-refractivity contribution in [2.24, 2.45) is 11.7 Å². The molecule has 0 aromatic carbocycles. The standard InChI is InChI=1S/C17H38N2/c1-6-11-16(12-7-2)17(18,13-8-3)19(14-9-4)15-10-5/h16H,6-15,18H2,1-5H3. The summed E-state index contributed by atoms with van der Waals surface area (Å²) in [5, 5.41) is 0. The van der Waals surface area contributed by atoms with Crippen LogP contribution in [-0.4, -0.2) is 23.7 Å². The Morgan fingerprint density at radius 3 is 1.58 bits per heavy atom. The van der Waals surface area contributed by atoms with Gasteiger partial charge >= 0.3 is 0 Å². The van der Waals surface area contributed by atoms with E-state index in [0.29, 0.717) is 5.92 Å². The first-order valence-electron chi connectivity index (χ1n) is 8.64. The van der Waals surface area contributed by atoms with Crippen LogP contribution in [0.5, 0.6) is 0 Å². The van der Waals surface area contributed by atoms with Crippen LogP contribution >= 0.6 is 0 Å². The summed E-state index contributed by atoms with van der Waals surface area (Å²) in [5.74, 6) is 0.653. The van der Waals surface area contributed by atoms with Crippen molar-refractivity contribution in [3.05, 3.63) is 0 Å². The second-order valence-electron chi connectivity index (χ2n) is 6.00. The van der Waals surface area contributed by atoms with E-state index in [-0.39, 0.29) is 5.66 Å². The highest BCUT2D eigenvalue weighted by atomic mass is 15.3. The van der Waals surface area contributed by atoms with Crippen LogP contribution in [0.3, 0.4) is 0 Å². The molecule has 2 nitrogen and oxygen atoms in total. The summed E-state index contributed by atoms with van der Waals surface area (Å²) in [6.45, 7) is 13.7. The van der Waals surface area contributed by atoms with Gasteiger partial charge in [0.15, 0.2) is 0 Å². The van der Waals surface area contributed by atoms with E-state index in [2.05, 4.69) is 39.5 Å². The maximum Gasteiger partial charge on any atom is 0.0716 e. The SMILES string of the molecule is CCCC(CCC)C(N)(CCC)N(CCC)CCC. The Hall–Kier alpha value is -0.0800. The first kappa shape index (κ1) is 18.9. The van der Waals surface area contributed by atoms with Gasteiger partial charge in [-0.25, -0.2) is 0 Å².